The fraction of sp³-hybridized carbons (Fsp3) is 0.0714. The van der Waals surface area contributed by atoms with E-state index in [9.17, 15) is 4.39 Å². The van der Waals surface area contributed by atoms with Gasteiger partial charge in [0.25, 0.3) is 0 Å². The Balaban J connectivity index is 2.04. The maximum absolute atomic E-state index is 13.2. The quantitative estimate of drug-likeness (QED) is 0.351. The van der Waals surface area contributed by atoms with E-state index >= 15 is 0 Å². The van der Waals surface area contributed by atoms with E-state index in [-0.39, 0.29) is 11.7 Å². The Morgan fingerprint density at radius 3 is 2.55 bits per heavy atom. The Hall–Kier alpha value is -2.27. The van der Waals surface area contributed by atoms with Crippen LogP contribution in [-0.4, -0.2) is 11.0 Å². The predicted molar refractivity (Wildman–Crippen MR) is 77.7 cm³/mol. The molecule has 0 fully saturated rings. The van der Waals surface area contributed by atoms with Gasteiger partial charge in [-0.25, -0.2) is 4.39 Å². The molecule has 0 unspecified atom stereocenters. The molecule has 0 heterocycles. The Bertz CT molecular complexity index is 609. The Morgan fingerprint density at radius 2 is 1.95 bits per heavy atom. The van der Waals surface area contributed by atoms with Crippen molar-refractivity contribution in [3.05, 3.63) is 64.4 Å². The van der Waals surface area contributed by atoms with Gasteiger partial charge in [-0.3, -0.25) is 0 Å². The number of oxime groups is 1. The lowest BCUT2D eigenvalue weighted by Crippen LogP contribution is -2.13. The molecule has 0 radical (unpaired) electrons. The molecule has 2 rings (SSSR count). The first-order valence-corrected chi connectivity index (χ1v) is 6.23. The average Bonchev–Trinajstić information content (AvgIpc) is 2.44. The highest BCUT2D eigenvalue weighted by atomic mass is 35.5. The zero-order valence-electron chi connectivity index (χ0n) is 10.5. The summed E-state index contributed by atoms with van der Waals surface area (Å²) in [5, 5.41) is 14.9. The number of hydrogen-bond acceptors (Lipinski definition) is 3. The molecule has 2 aromatic carbocycles. The predicted octanol–water partition coefficient (Wildman–Crippen LogP) is 3.19. The molecule has 0 aliphatic heterocycles. The third-order valence-electron chi connectivity index (χ3n) is 2.72. The molecule has 0 saturated carbocycles. The van der Waals surface area contributed by atoms with Crippen LogP contribution in [0.25, 0.3) is 0 Å². The molecule has 0 aromatic heterocycles. The van der Waals surface area contributed by atoms with Crippen molar-refractivity contribution in [1.82, 2.24) is 0 Å². The van der Waals surface area contributed by atoms with Gasteiger partial charge in [0.05, 0.1) is 0 Å². The lowest BCUT2D eigenvalue weighted by molar-refractivity contribution is 0.318. The fourth-order valence-electron chi connectivity index (χ4n) is 1.71. The summed E-state index contributed by atoms with van der Waals surface area (Å²) < 4.78 is 13.2. The van der Waals surface area contributed by atoms with Crippen LogP contribution < -0.4 is 11.1 Å². The third kappa shape index (κ3) is 3.61. The van der Waals surface area contributed by atoms with E-state index in [2.05, 4.69) is 10.5 Å². The van der Waals surface area contributed by atoms with Crippen LogP contribution in [0.15, 0.2) is 47.6 Å². The number of amidine groups is 1. The summed E-state index contributed by atoms with van der Waals surface area (Å²) >= 11 is 5.77. The van der Waals surface area contributed by atoms with Gasteiger partial charge in [0.2, 0.25) is 0 Å². The summed E-state index contributed by atoms with van der Waals surface area (Å²) in [6, 6.07) is 11.4. The van der Waals surface area contributed by atoms with Crippen molar-refractivity contribution >= 4 is 23.1 Å². The molecule has 104 valence electrons. The second kappa shape index (κ2) is 6.25. The minimum Gasteiger partial charge on any atom is -0.409 e. The van der Waals surface area contributed by atoms with Gasteiger partial charge >= 0.3 is 0 Å². The van der Waals surface area contributed by atoms with Gasteiger partial charge in [-0.1, -0.05) is 41.0 Å². The maximum atomic E-state index is 13.2. The van der Waals surface area contributed by atoms with Crippen molar-refractivity contribution in [2.45, 2.75) is 6.54 Å². The maximum Gasteiger partial charge on any atom is 0.170 e. The van der Waals surface area contributed by atoms with Gasteiger partial charge in [0.1, 0.15) is 5.82 Å². The van der Waals surface area contributed by atoms with Crippen LogP contribution in [0.1, 0.15) is 11.1 Å². The van der Waals surface area contributed by atoms with Gasteiger partial charge in [0.15, 0.2) is 5.84 Å². The molecule has 2 aromatic rings. The van der Waals surface area contributed by atoms with Crippen molar-refractivity contribution < 1.29 is 9.60 Å². The summed E-state index contributed by atoms with van der Waals surface area (Å²) in [7, 11) is 0. The largest absolute Gasteiger partial charge is 0.409 e. The van der Waals surface area contributed by atoms with Crippen LogP contribution in [0, 0.1) is 5.82 Å². The Labute approximate surface area is 120 Å². The van der Waals surface area contributed by atoms with Crippen LogP contribution >= 0.6 is 11.6 Å². The standard InChI is InChI=1S/C14H13ClFN3O/c15-11-5-12(16)7-13(6-11)18-8-9-1-3-10(4-2-9)14(17)19-20/h1-7,18,20H,8H2,(H2,17,19). The molecule has 4 N–H and O–H groups in total. The molecular weight excluding hydrogens is 281 g/mol. The number of rotatable bonds is 4. The summed E-state index contributed by atoms with van der Waals surface area (Å²) in [5.41, 5.74) is 7.68. The lowest BCUT2D eigenvalue weighted by atomic mass is 10.1. The second-order valence-electron chi connectivity index (χ2n) is 4.19. The van der Waals surface area contributed by atoms with Crippen molar-refractivity contribution in [2.24, 2.45) is 10.9 Å². The van der Waals surface area contributed by atoms with E-state index in [0.29, 0.717) is 22.8 Å². The summed E-state index contributed by atoms with van der Waals surface area (Å²) in [4.78, 5) is 0. The summed E-state index contributed by atoms with van der Waals surface area (Å²) in [5.74, 6) is -0.330. The van der Waals surface area contributed by atoms with Gasteiger partial charge in [-0.15, -0.1) is 0 Å². The highest BCUT2D eigenvalue weighted by molar-refractivity contribution is 6.30. The number of nitrogens with two attached hydrogens (primary N) is 1. The molecule has 0 atom stereocenters. The number of halogens is 2. The molecule has 0 saturated heterocycles. The van der Waals surface area contributed by atoms with Crippen LogP contribution in [0.4, 0.5) is 10.1 Å². The van der Waals surface area contributed by atoms with Crippen molar-refractivity contribution in [2.75, 3.05) is 5.32 Å². The highest BCUT2D eigenvalue weighted by Gasteiger charge is 2.01. The van der Waals surface area contributed by atoms with Crippen LogP contribution in [0.5, 0.6) is 0 Å². The number of nitrogens with one attached hydrogen (secondary N) is 1. The molecule has 0 aliphatic carbocycles. The van der Waals surface area contributed by atoms with Gasteiger partial charge in [0, 0.05) is 22.8 Å². The zero-order chi connectivity index (χ0) is 14.5. The summed E-state index contributed by atoms with van der Waals surface area (Å²) in [6.07, 6.45) is 0. The Kier molecular flexibility index (Phi) is 4.42. The van der Waals surface area contributed by atoms with E-state index in [0.717, 1.165) is 5.56 Å². The molecule has 20 heavy (non-hydrogen) atoms. The van der Waals surface area contributed by atoms with Gasteiger partial charge in [-0.2, -0.15) is 0 Å². The number of anilines is 1. The second-order valence-corrected chi connectivity index (χ2v) is 4.63. The minimum atomic E-state index is -0.387. The van der Waals surface area contributed by atoms with E-state index in [1.54, 1.807) is 18.2 Å². The van der Waals surface area contributed by atoms with Crippen LogP contribution in [-0.2, 0) is 6.54 Å². The first-order valence-electron chi connectivity index (χ1n) is 5.85. The molecule has 0 spiro atoms. The SMILES string of the molecule is N/C(=N/O)c1ccc(CNc2cc(F)cc(Cl)c2)cc1. The van der Waals surface area contributed by atoms with E-state index < -0.39 is 0 Å². The molecule has 0 amide bonds. The van der Waals surface area contributed by atoms with E-state index in [1.165, 1.54) is 12.1 Å². The van der Waals surface area contributed by atoms with Crippen molar-refractivity contribution in [1.29, 1.82) is 0 Å². The topological polar surface area (TPSA) is 70.6 Å². The van der Waals surface area contributed by atoms with E-state index in [4.69, 9.17) is 22.5 Å². The fourth-order valence-corrected chi connectivity index (χ4v) is 1.93. The Morgan fingerprint density at radius 1 is 1.25 bits per heavy atom. The average molecular weight is 294 g/mol. The number of hydrogen-bond donors (Lipinski definition) is 3. The minimum absolute atomic E-state index is 0.0569. The first-order chi connectivity index (χ1) is 9.58. The molecule has 6 heteroatoms. The molecule has 0 aliphatic rings. The van der Waals surface area contributed by atoms with Crippen LogP contribution in [0.3, 0.4) is 0 Å². The molecular formula is C14H13ClFN3O. The lowest BCUT2D eigenvalue weighted by Gasteiger charge is -2.08. The number of benzene rings is 2. The highest BCUT2D eigenvalue weighted by Crippen LogP contribution is 2.18. The van der Waals surface area contributed by atoms with Crippen molar-refractivity contribution in [3.8, 4) is 0 Å². The van der Waals surface area contributed by atoms with Crippen molar-refractivity contribution in [3.63, 3.8) is 0 Å². The monoisotopic (exact) mass is 293 g/mol. The molecule has 0 bridgehead atoms. The van der Waals surface area contributed by atoms with Crippen LogP contribution in [0.2, 0.25) is 5.02 Å². The third-order valence-corrected chi connectivity index (χ3v) is 2.93. The zero-order valence-corrected chi connectivity index (χ0v) is 11.2. The smallest absolute Gasteiger partial charge is 0.170 e. The first kappa shape index (κ1) is 14.1. The van der Waals surface area contributed by atoms with Gasteiger partial charge < -0.3 is 16.3 Å². The molecule has 4 nitrogen and oxygen atoms in total. The van der Waals surface area contributed by atoms with Gasteiger partial charge in [-0.05, 0) is 23.8 Å². The number of nitrogens with zero attached hydrogens (tertiary/aromatic N) is 1. The summed E-state index contributed by atoms with van der Waals surface area (Å²) in [6.45, 7) is 0.510. The van der Waals surface area contributed by atoms with E-state index in [1.807, 2.05) is 12.1 Å². The normalized spacial score (nSPS) is 11.4.